The standard InChI is InChI=1S/C26H36N4O2/c1-19(17-26(2,3)4)16-23(31)30-11-10-22-21(18-30)25(29-12-14-32-15-13-29)28-24(27-22)20-8-6-5-7-9-20/h5-9,19H,10-18H2,1-4H3. The van der Waals surface area contributed by atoms with Crippen LogP contribution in [0.25, 0.3) is 11.4 Å². The van der Waals surface area contributed by atoms with Crippen LogP contribution in [0.5, 0.6) is 0 Å². The number of hydrogen-bond acceptors (Lipinski definition) is 5. The number of benzene rings is 1. The largest absolute Gasteiger partial charge is 0.378 e. The van der Waals surface area contributed by atoms with E-state index in [0.29, 0.717) is 32.1 Å². The number of carbonyl (C=O) groups is 1. The van der Waals surface area contributed by atoms with Crippen LogP contribution in [0.2, 0.25) is 0 Å². The van der Waals surface area contributed by atoms with Gasteiger partial charge in [0.25, 0.3) is 0 Å². The second-order valence-corrected chi connectivity index (χ2v) is 10.4. The number of amides is 1. The lowest BCUT2D eigenvalue weighted by atomic mass is 9.84. The van der Waals surface area contributed by atoms with Gasteiger partial charge in [-0.2, -0.15) is 0 Å². The van der Waals surface area contributed by atoms with Crippen LogP contribution in [0, 0.1) is 11.3 Å². The summed E-state index contributed by atoms with van der Waals surface area (Å²) in [6.07, 6.45) is 2.42. The molecule has 1 aromatic carbocycles. The summed E-state index contributed by atoms with van der Waals surface area (Å²) >= 11 is 0. The van der Waals surface area contributed by atoms with Gasteiger partial charge in [-0.15, -0.1) is 0 Å². The van der Waals surface area contributed by atoms with Gasteiger partial charge in [-0.3, -0.25) is 4.79 Å². The zero-order valence-electron chi connectivity index (χ0n) is 19.9. The number of anilines is 1. The Hall–Kier alpha value is -2.47. The third-order valence-corrected chi connectivity index (χ3v) is 6.22. The van der Waals surface area contributed by atoms with Crippen molar-refractivity contribution in [2.45, 2.75) is 53.5 Å². The summed E-state index contributed by atoms with van der Waals surface area (Å²) in [6.45, 7) is 13.3. The van der Waals surface area contributed by atoms with Crippen LogP contribution in [0.15, 0.2) is 30.3 Å². The van der Waals surface area contributed by atoms with E-state index < -0.39 is 0 Å². The Morgan fingerprint density at radius 1 is 1.09 bits per heavy atom. The summed E-state index contributed by atoms with van der Waals surface area (Å²) in [4.78, 5) is 27.4. The number of aromatic nitrogens is 2. The normalized spacial score (nSPS) is 17.8. The minimum Gasteiger partial charge on any atom is -0.378 e. The first-order chi connectivity index (χ1) is 15.3. The molecule has 0 spiro atoms. The van der Waals surface area contributed by atoms with E-state index in [1.54, 1.807) is 0 Å². The molecule has 0 saturated carbocycles. The van der Waals surface area contributed by atoms with E-state index in [9.17, 15) is 4.79 Å². The summed E-state index contributed by atoms with van der Waals surface area (Å²) < 4.78 is 5.57. The van der Waals surface area contributed by atoms with E-state index >= 15 is 0 Å². The molecule has 6 heteroatoms. The molecule has 1 unspecified atom stereocenters. The molecular formula is C26H36N4O2. The molecule has 2 aliphatic rings. The highest BCUT2D eigenvalue weighted by Crippen LogP contribution is 2.31. The number of nitrogens with zero attached hydrogens (tertiary/aromatic N) is 4. The molecule has 1 fully saturated rings. The lowest BCUT2D eigenvalue weighted by Gasteiger charge is -2.35. The number of fused-ring (bicyclic) bond motifs is 1. The molecule has 0 bridgehead atoms. The van der Waals surface area contributed by atoms with Gasteiger partial charge in [0.15, 0.2) is 5.82 Å². The van der Waals surface area contributed by atoms with Crippen LogP contribution in [-0.2, 0) is 22.5 Å². The van der Waals surface area contributed by atoms with Crippen molar-refractivity contribution in [2.75, 3.05) is 37.7 Å². The molecule has 0 radical (unpaired) electrons. The van der Waals surface area contributed by atoms with Gasteiger partial charge in [0.2, 0.25) is 5.91 Å². The van der Waals surface area contributed by atoms with Gasteiger partial charge < -0.3 is 14.5 Å². The van der Waals surface area contributed by atoms with Gasteiger partial charge in [-0.1, -0.05) is 58.0 Å². The summed E-state index contributed by atoms with van der Waals surface area (Å²) in [5.74, 6) is 2.36. The quantitative estimate of drug-likeness (QED) is 0.698. The first-order valence-corrected chi connectivity index (χ1v) is 11.9. The minimum atomic E-state index is 0.235. The molecule has 1 aromatic heterocycles. The highest BCUT2D eigenvalue weighted by molar-refractivity contribution is 5.77. The number of carbonyl (C=O) groups excluding carboxylic acids is 1. The Morgan fingerprint density at radius 2 is 1.81 bits per heavy atom. The smallest absolute Gasteiger partial charge is 0.223 e. The van der Waals surface area contributed by atoms with Crippen molar-refractivity contribution in [3.63, 3.8) is 0 Å². The van der Waals surface area contributed by atoms with Crippen molar-refractivity contribution >= 4 is 11.7 Å². The molecule has 1 amide bonds. The summed E-state index contributed by atoms with van der Waals surface area (Å²) in [7, 11) is 0. The van der Waals surface area contributed by atoms with E-state index in [2.05, 4.69) is 44.7 Å². The summed E-state index contributed by atoms with van der Waals surface area (Å²) in [5, 5.41) is 0. The summed E-state index contributed by atoms with van der Waals surface area (Å²) in [5.41, 5.74) is 3.44. The molecule has 32 heavy (non-hydrogen) atoms. The van der Waals surface area contributed by atoms with Crippen LogP contribution in [-0.4, -0.2) is 53.6 Å². The average molecular weight is 437 g/mol. The maximum atomic E-state index is 13.1. The first kappa shape index (κ1) is 22.7. The predicted molar refractivity (Wildman–Crippen MR) is 127 cm³/mol. The van der Waals surface area contributed by atoms with Gasteiger partial charge >= 0.3 is 0 Å². The second kappa shape index (κ2) is 9.57. The maximum Gasteiger partial charge on any atom is 0.223 e. The molecule has 1 atom stereocenters. The van der Waals surface area contributed by atoms with Crippen LogP contribution in [0.1, 0.15) is 51.8 Å². The van der Waals surface area contributed by atoms with Crippen LogP contribution < -0.4 is 4.90 Å². The molecule has 2 aromatic rings. The van der Waals surface area contributed by atoms with Crippen molar-refractivity contribution < 1.29 is 9.53 Å². The van der Waals surface area contributed by atoms with Gasteiger partial charge in [-0.05, 0) is 17.8 Å². The van der Waals surface area contributed by atoms with Gasteiger partial charge in [0, 0.05) is 43.6 Å². The maximum absolute atomic E-state index is 13.1. The van der Waals surface area contributed by atoms with E-state index in [-0.39, 0.29) is 11.3 Å². The van der Waals surface area contributed by atoms with Crippen LogP contribution >= 0.6 is 0 Å². The SMILES string of the molecule is CC(CC(=O)N1CCc2nc(-c3ccccc3)nc(N3CCOCC3)c2C1)CC(C)(C)C. The van der Waals surface area contributed by atoms with Crippen molar-refractivity contribution in [3.05, 3.63) is 41.6 Å². The Morgan fingerprint density at radius 3 is 2.50 bits per heavy atom. The van der Waals surface area contributed by atoms with E-state index in [1.807, 2.05) is 23.1 Å². The lowest BCUT2D eigenvalue weighted by molar-refractivity contribution is -0.133. The van der Waals surface area contributed by atoms with Crippen LogP contribution in [0.3, 0.4) is 0 Å². The van der Waals surface area contributed by atoms with Crippen molar-refractivity contribution in [3.8, 4) is 11.4 Å². The Kier molecular flexibility index (Phi) is 6.79. The number of morpholine rings is 1. The Bertz CT molecular complexity index is 933. The third kappa shape index (κ3) is 5.47. The monoisotopic (exact) mass is 436 g/mol. The lowest BCUT2D eigenvalue weighted by Crippen LogP contribution is -2.41. The highest BCUT2D eigenvalue weighted by Gasteiger charge is 2.29. The van der Waals surface area contributed by atoms with E-state index in [0.717, 1.165) is 60.9 Å². The fraction of sp³-hybridized carbons (Fsp3) is 0.577. The average Bonchev–Trinajstić information content (AvgIpc) is 2.77. The number of hydrogen-bond donors (Lipinski definition) is 0. The predicted octanol–water partition coefficient (Wildman–Crippen LogP) is 4.33. The molecule has 1 saturated heterocycles. The minimum absolute atomic E-state index is 0.235. The molecule has 0 N–H and O–H groups in total. The molecule has 4 rings (SSSR count). The van der Waals surface area contributed by atoms with Crippen molar-refractivity contribution in [2.24, 2.45) is 11.3 Å². The molecule has 172 valence electrons. The number of rotatable bonds is 5. The third-order valence-electron chi connectivity index (χ3n) is 6.22. The van der Waals surface area contributed by atoms with E-state index in [1.165, 1.54) is 0 Å². The van der Waals surface area contributed by atoms with Crippen LogP contribution in [0.4, 0.5) is 5.82 Å². The highest BCUT2D eigenvalue weighted by atomic mass is 16.5. The van der Waals surface area contributed by atoms with Gasteiger partial charge in [0.1, 0.15) is 5.82 Å². The molecule has 6 nitrogen and oxygen atoms in total. The summed E-state index contributed by atoms with van der Waals surface area (Å²) in [6, 6.07) is 10.2. The zero-order chi connectivity index (χ0) is 22.7. The second-order valence-electron chi connectivity index (χ2n) is 10.4. The van der Waals surface area contributed by atoms with Crippen molar-refractivity contribution in [1.29, 1.82) is 0 Å². The Balaban J connectivity index is 1.59. The molecule has 2 aliphatic heterocycles. The van der Waals surface area contributed by atoms with Gasteiger partial charge in [0.05, 0.1) is 25.5 Å². The molecular weight excluding hydrogens is 400 g/mol. The molecule has 0 aliphatic carbocycles. The molecule has 3 heterocycles. The zero-order valence-corrected chi connectivity index (χ0v) is 19.9. The first-order valence-electron chi connectivity index (χ1n) is 11.9. The van der Waals surface area contributed by atoms with Crippen molar-refractivity contribution in [1.82, 2.24) is 14.9 Å². The number of ether oxygens (including phenoxy) is 1. The fourth-order valence-corrected chi connectivity index (χ4v) is 4.91. The van der Waals surface area contributed by atoms with E-state index in [4.69, 9.17) is 14.7 Å². The fourth-order valence-electron chi connectivity index (χ4n) is 4.91. The van der Waals surface area contributed by atoms with Gasteiger partial charge in [-0.25, -0.2) is 9.97 Å². The Labute approximate surface area is 192 Å². The topological polar surface area (TPSA) is 58.6 Å².